The predicted octanol–water partition coefficient (Wildman–Crippen LogP) is 1.95. The minimum Gasteiger partial charge on any atom is -0.356 e. The molecule has 1 aromatic heterocycles. The summed E-state index contributed by atoms with van der Waals surface area (Å²) >= 11 is 1.54. The third kappa shape index (κ3) is 3.82. The second-order valence-corrected chi connectivity index (χ2v) is 6.63. The first kappa shape index (κ1) is 15.8. The molecular weight excluding hydrogens is 310 g/mol. The Balaban J connectivity index is 1.55. The quantitative estimate of drug-likeness (QED) is 0.852. The molecule has 0 saturated carbocycles. The van der Waals surface area contributed by atoms with Crippen LogP contribution in [0.3, 0.4) is 0 Å². The number of hydrogen-bond acceptors (Lipinski definition) is 4. The molecule has 1 N–H and O–H groups in total. The van der Waals surface area contributed by atoms with Gasteiger partial charge in [0.15, 0.2) is 5.16 Å². The maximum absolute atomic E-state index is 12.1. The Morgan fingerprint density at radius 3 is 2.96 bits per heavy atom. The van der Waals surface area contributed by atoms with Crippen LogP contribution < -0.4 is 10.9 Å². The van der Waals surface area contributed by atoms with Crippen molar-refractivity contribution in [3.63, 3.8) is 0 Å². The first-order valence-electron chi connectivity index (χ1n) is 7.67. The van der Waals surface area contributed by atoms with E-state index in [2.05, 4.69) is 10.3 Å². The average molecular weight is 329 g/mol. The van der Waals surface area contributed by atoms with Crippen LogP contribution in [0.5, 0.6) is 0 Å². The van der Waals surface area contributed by atoms with Gasteiger partial charge >= 0.3 is 0 Å². The Labute approximate surface area is 139 Å². The fourth-order valence-corrected chi connectivity index (χ4v) is 3.89. The molecule has 0 saturated heterocycles. The van der Waals surface area contributed by atoms with Crippen LogP contribution in [0, 0.1) is 6.92 Å². The summed E-state index contributed by atoms with van der Waals surface area (Å²) in [6.45, 7) is 2.42. The molecule has 1 aliphatic heterocycles. The van der Waals surface area contributed by atoms with Gasteiger partial charge in [-0.2, -0.15) is 0 Å². The standard InChI is InChI=1S/C17H19N3O2S/c1-12-9-16(22)20-14(11-23-17(20)19-12)10-15(21)18-8-7-13-5-3-2-4-6-13/h2-6,9,14H,7-8,10-11H2,1H3,(H,18,21). The van der Waals surface area contributed by atoms with Gasteiger partial charge in [-0.3, -0.25) is 14.2 Å². The lowest BCUT2D eigenvalue weighted by Crippen LogP contribution is -2.31. The highest BCUT2D eigenvalue weighted by atomic mass is 32.2. The maximum Gasteiger partial charge on any atom is 0.254 e. The third-order valence-corrected chi connectivity index (χ3v) is 4.92. The van der Waals surface area contributed by atoms with Crippen molar-refractivity contribution in [3.05, 3.63) is 58.0 Å². The molecule has 23 heavy (non-hydrogen) atoms. The van der Waals surface area contributed by atoms with Crippen LogP contribution in [-0.2, 0) is 11.2 Å². The number of amides is 1. The Morgan fingerprint density at radius 2 is 2.17 bits per heavy atom. The lowest BCUT2D eigenvalue weighted by molar-refractivity contribution is -0.121. The van der Waals surface area contributed by atoms with Gasteiger partial charge in [-0.1, -0.05) is 42.1 Å². The van der Waals surface area contributed by atoms with Crippen LogP contribution in [0.15, 0.2) is 46.3 Å². The molecule has 6 heteroatoms. The van der Waals surface area contributed by atoms with Crippen LogP contribution in [0.25, 0.3) is 0 Å². The van der Waals surface area contributed by atoms with Crippen molar-refractivity contribution in [1.29, 1.82) is 0 Å². The van der Waals surface area contributed by atoms with E-state index in [0.717, 1.165) is 23.0 Å². The highest BCUT2D eigenvalue weighted by Crippen LogP contribution is 2.31. The summed E-state index contributed by atoms with van der Waals surface area (Å²) in [5.74, 6) is 0.699. The number of benzene rings is 1. The summed E-state index contributed by atoms with van der Waals surface area (Å²) in [5, 5.41) is 3.66. The Bertz CT molecular complexity index is 758. The van der Waals surface area contributed by atoms with Crippen LogP contribution in [-0.4, -0.2) is 27.8 Å². The summed E-state index contributed by atoms with van der Waals surface area (Å²) in [6, 6.07) is 11.5. The van der Waals surface area contributed by atoms with Crippen LogP contribution in [0.4, 0.5) is 0 Å². The fourth-order valence-electron chi connectivity index (χ4n) is 2.69. The summed E-state index contributed by atoms with van der Waals surface area (Å²) in [4.78, 5) is 28.6. The van der Waals surface area contributed by atoms with E-state index in [-0.39, 0.29) is 17.5 Å². The number of rotatable bonds is 5. The molecule has 2 aromatic rings. The third-order valence-electron chi connectivity index (χ3n) is 3.82. The van der Waals surface area contributed by atoms with Crippen molar-refractivity contribution < 1.29 is 4.79 Å². The van der Waals surface area contributed by atoms with Gasteiger partial charge in [0, 0.05) is 30.5 Å². The predicted molar refractivity (Wildman–Crippen MR) is 90.8 cm³/mol. The lowest BCUT2D eigenvalue weighted by Gasteiger charge is -2.13. The van der Waals surface area contributed by atoms with Gasteiger partial charge in [-0.05, 0) is 18.9 Å². The Morgan fingerprint density at radius 1 is 1.39 bits per heavy atom. The summed E-state index contributed by atoms with van der Waals surface area (Å²) in [5.41, 5.74) is 1.85. The van der Waals surface area contributed by atoms with Gasteiger partial charge in [-0.15, -0.1) is 0 Å². The highest BCUT2D eigenvalue weighted by Gasteiger charge is 2.27. The summed E-state index contributed by atoms with van der Waals surface area (Å²) in [6.07, 6.45) is 1.13. The molecule has 120 valence electrons. The molecule has 0 aliphatic carbocycles. The number of thioether (sulfide) groups is 1. The average Bonchev–Trinajstić information content (AvgIpc) is 2.91. The Hall–Kier alpha value is -2.08. The largest absolute Gasteiger partial charge is 0.356 e. The molecule has 1 aliphatic rings. The van der Waals surface area contributed by atoms with Gasteiger partial charge in [0.1, 0.15) is 0 Å². The molecular formula is C17H19N3O2S. The van der Waals surface area contributed by atoms with Crippen molar-refractivity contribution in [3.8, 4) is 0 Å². The van der Waals surface area contributed by atoms with Gasteiger partial charge in [-0.25, -0.2) is 4.98 Å². The number of nitrogens with one attached hydrogen (secondary N) is 1. The number of fused-ring (bicyclic) bond motifs is 1. The second-order valence-electron chi connectivity index (χ2n) is 5.64. The number of hydrogen-bond donors (Lipinski definition) is 1. The second kappa shape index (κ2) is 7.00. The normalized spacial score (nSPS) is 16.1. The number of carbonyl (C=O) groups excluding carboxylic acids is 1. The van der Waals surface area contributed by atoms with Crippen molar-refractivity contribution in [2.75, 3.05) is 12.3 Å². The minimum absolute atomic E-state index is 0.0214. The number of aromatic nitrogens is 2. The van der Waals surface area contributed by atoms with Crippen molar-refractivity contribution >= 4 is 17.7 Å². The molecule has 1 unspecified atom stereocenters. The van der Waals surface area contributed by atoms with Crippen LogP contribution >= 0.6 is 11.8 Å². The van der Waals surface area contributed by atoms with Gasteiger partial charge in [0.25, 0.3) is 5.56 Å². The van der Waals surface area contributed by atoms with Crippen molar-refractivity contribution in [2.45, 2.75) is 31.0 Å². The molecule has 0 radical (unpaired) electrons. The van der Waals surface area contributed by atoms with E-state index in [4.69, 9.17) is 0 Å². The van der Waals surface area contributed by atoms with E-state index in [1.165, 1.54) is 23.4 Å². The first-order chi connectivity index (χ1) is 11.1. The number of aryl methyl sites for hydroxylation is 1. The number of carbonyl (C=O) groups is 1. The van der Waals surface area contributed by atoms with Crippen LogP contribution in [0.2, 0.25) is 0 Å². The monoisotopic (exact) mass is 329 g/mol. The molecule has 5 nitrogen and oxygen atoms in total. The van der Waals surface area contributed by atoms with E-state index < -0.39 is 0 Å². The summed E-state index contributed by atoms with van der Waals surface area (Å²) in [7, 11) is 0. The molecule has 1 aromatic carbocycles. The lowest BCUT2D eigenvalue weighted by atomic mass is 10.1. The first-order valence-corrected chi connectivity index (χ1v) is 8.65. The van der Waals surface area contributed by atoms with Gasteiger partial charge in [0.2, 0.25) is 5.91 Å². The molecule has 1 atom stereocenters. The smallest absolute Gasteiger partial charge is 0.254 e. The molecule has 2 heterocycles. The fraction of sp³-hybridized carbons (Fsp3) is 0.353. The minimum atomic E-state index is -0.104. The van der Waals surface area contributed by atoms with Crippen molar-refractivity contribution in [2.24, 2.45) is 0 Å². The molecule has 1 amide bonds. The van der Waals surface area contributed by atoms with Crippen LogP contribution in [0.1, 0.15) is 23.7 Å². The van der Waals surface area contributed by atoms with E-state index in [0.29, 0.717) is 13.0 Å². The zero-order chi connectivity index (χ0) is 16.2. The van der Waals surface area contributed by atoms with E-state index in [1.54, 1.807) is 4.57 Å². The zero-order valence-corrected chi connectivity index (χ0v) is 13.8. The van der Waals surface area contributed by atoms with E-state index in [1.807, 2.05) is 37.3 Å². The molecule has 0 bridgehead atoms. The molecule has 0 spiro atoms. The van der Waals surface area contributed by atoms with Gasteiger partial charge < -0.3 is 5.32 Å². The van der Waals surface area contributed by atoms with E-state index in [9.17, 15) is 9.59 Å². The van der Waals surface area contributed by atoms with E-state index >= 15 is 0 Å². The Kier molecular flexibility index (Phi) is 4.81. The zero-order valence-electron chi connectivity index (χ0n) is 13.0. The maximum atomic E-state index is 12.1. The molecule has 0 fully saturated rings. The SMILES string of the molecule is Cc1cc(=O)n2c(n1)SCC2CC(=O)NCCc1ccccc1. The molecule has 3 rings (SSSR count). The number of nitrogens with zero attached hydrogens (tertiary/aromatic N) is 2. The summed E-state index contributed by atoms with van der Waals surface area (Å²) < 4.78 is 1.65. The highest BCUT2D eigenvalue weighted by molar-refractivity contribution is 7.99. The van der Waals surface area contributed by atoms with Crippen molar-refractivity contribution in [1.82, 2.24) is 14.9 Å². The van der Waals surface area contributed by atoms with Gasteiger partial charge in [0.05, 0.1) is 6.04 Å². The topological polar surface area (TPSA) is 64.0 Å².